The molecule has 2 aromatic rings. The molecule has 2 aromatic carbocycles. The standard InChI is InChI=1S/C27H36O3/c1-7-8-9-13-16-30-26(29)24(21-14-11-10-12-15-21)25(28)23-19(2)17-22(18-20(23)3)27(4,5)6/h10-12,14-15,17-18,24H,7-9,13,16H2,1-6H3. The van der Waals surface area contributed by atoms with Crippen LogP contribution in [0.4, 0.5) is 0 Å². The van der Waals surface area contributed by atoms with Crippen molar-refractivity contribution in [2.75, 3.05) is 6.61 Å². The number of aryl methyl sites for hydroxylation is 2. The highest BCUT2D eigenvalue weighted by Gasteiger charge is 2.33. The number of unbranched alkanes of at least 4 members (excludes halogenated alkanes) is 3. The van der Waals surface area contributed by atoms with Gasteiger partial charge in [0, 0.05) is 5.56 Å². The number of ketones is 1. The quantitative estimate of drug-likeness (QED) is 0.201. The van der Waals surface area contributed by atoms with Crippen molar-refractivity contribution in [2.24, 2.45) is 0 Å². The van der Waals surface area contributed by atoms with E-state index in [9.17, 15) is 9.59 Å². The molecular weight excluding hydrogens is 372 g/mol. The van der Waals surface area contributed by atoms with E-state index in [4.69, 9.17) is 4.74 Å². The highest BCUT2D eigenvalue weighted by molar-refractivity contribution is 6.14. The van der Waals surface area contributed by atoms with E-state index in [1.165, 1.54) is 5.56 Å². The number of ether oxygens (including phenoxy) is 1. The van der Waals surface area contributed by atoms with E-state index in [2.05, 4.69) is 39.8 Å². The third-order valence-electron chi connectivity index (χ3n) is 5.52. The Balaban J connectivity index is 2.35. The maximum Gasteiger partial charge on any atom is 0.321 e. The molecule has 0 aliphatic rings. The SMILES string of the molecule is CCCCCCOC(=O)C(C(=O)c1c(C)cc(C(C)(C)C)cc1C)c1ccccc1. The second kappa shape index (κ2) is 10.6. The molecule has 3 heteroatoms. The van der Waals surface area contributed by atoms with E-state index < -0.39 is 11.9 Å². The molecule has 0 fully saturated rings. The van der Waals surface area contributed by atoms with Gasteiger partial charge in [-0.2, -0.15) is 0 Å². The first-order chi connectivity index (χ1) is 14.2. The molecule has 1 atom stereocenters. The molecule has 0 bridgehead atoms. The van der Waals surface area contributed by atoms with Gasteiger partial charge in [-0.05, 0) is 47.9 Å². The zero-order valence-electron chi connectivity index (χ0n) is 19.4. The van der Waals surface area contributed by atoms with Crippen LogP contribution in [0.3, 0.4) is 0 Å². The van der Waals surface area contributed by atoms with Gasteiger partial charge in [0.1, 0.15) is 5.92 Å². The molecule has 30 heavy (non-hydrogen) atoms. The first kappa shape index (κ1) is 23.9. The van der Waals surface area contributed by atoms with E-state index in [-0.39, 0.29) is 11.2 Å². The topological polar surface area (TPSA) is 43.4 Å². The largest absolute Gasteiger partial charge is 0.465 e. The predicted octanol–water partition coefficient (Wildman–Crippen LogP) is 6.69. The number of benzene rings is 2. The van der Waals surface area contributed by atoms with Crippen molar-refractivity contribution < 1.29 is 14.3 Å². The maximum atomic E-state index is 13.6. The van der Waals surface area contributed by atoms with Crippen LogP contribution < -0.4 is 0 Å². The molecule has 1 unspecified atom stereocenters. The minimum atomic E-state index is -0.935. The molecule has 0 radical (unpaired) electrons. The lowest BCUT2D eigenvalue weighted by Crippen LogP contribution is -2.26. The average Bonchev–Trinajstić information content (AvgIpc) is 2.67. The van der Waals surface area contributed by atoms with Crippen LogP contribution >= 0.6 is 0 Å². The van der Waals surface area contributed by atoms with Crippen LogP contribution in [0.15, 0.2) is 42.5 Å². The normalized spacial score (nSPS) is 12.5. The van der Waals surface area contributed by atoms with Crippen LogP contribution in [0.5, 0.6) is 0 Å². The summed E-state index contributed by atoms with van der Waals surface area (Å²) in [4.78, 5) is 26.6. The van der Waals surface area contributed by atoms with Crippen molar-refractivity contribution in [1.82, 2.24) is 0 Å². The van der Waals surface area contributed by atoms with Gasteiger partial charge in [-0.3, -0.25) is 9.59 Å². The zero-order chi connectivity index (χ0) is 22.3. The van der Waals surface area contributed by atoms with Crippen molar-refractivity contribution in [2.45, 2.75) is 78.6 Å². The van der Waals surface area contributed by atoms with Gasteiger partial charge in [-0.1, -0.05) is 89.4 Å². The Kier molecular flexibility index (Phi) is 8.40. The van der Waals surface area contributed by atoms with Crippen molar-refractivity contribution in [1.29, 1.82) is 0 Å². The van der Waals surface area contributed by atoms with E-state index in [1.807, 2.05) is 44.2 Å². The van der Waals surface area contributed by atoms with E-state index in [0.717, 1.165) is 36.8 Å². The zero-order valence-corrected chi connectivity index (χ0v) is 19.4. The fourth-order valence-electron chi connectivity index (χ4n) is 3.75. The minimum absolute atomic E-state index is 0.00660. The van der Waals surface area contributed by atoms with Gasteiger partial charge >= 0.3 is 5.97 Å². The summed E-state index contributed by atoms with van der Waals surface area (Å²) in [6.45, 7) is 12.9. The Morgan fingerprint density at radius 2 is 1.53 bits per heavy atom. The Labute approximate surface area is 181 Å². The lowest BCUT2D eigenvalue weighted by molar-refractivity contribution is -0.144. The summed E-state index contributed by atoms with van der Waals surface area (Å²) in [7, 11) is 0. The monoisotopic (exact) mass is 408 g/mol. The number of Topliss-reactive ketones (excluding diaryl/α,β-unsaturated/α-hetero) is 1. The van der Waals surface area contributed by atoms with Gasteiger partial charge in [0.15, 0.2) is 5.78 Å². The van der Waals surface area contributed by atoms with E-state index >= 15 is 0 Å². The third-order valence-corrected chi connectivity index (χ3v) is 5.52. The lowest BCUT2D eigenvalue weighted by atomic mass is 9.81. The first-order valence-electron chi connectivity index (χ1n) is 11.0. The van der Waals surface area contributed by atoms with Gasteiger partial charge < -0.3 is 4.74 Å². The number of carbonyl (C=O) groups is 2. The van der Waals surface area contributed by atoms with Gasteiger partial charge in [0.2, 0.25) is 0 Å². The molecule has 0 saturated carbocycles. The number of hydrogen-bond acceptors (Lipinski definition) is 3. The van der Waals surface area contributed by atoms with E-state index in [0.29, 0.717) is 17.7 Å². The molecule has 3 nitrogen and oxygen atoms in total. The summed E-state index contributed by atoms with van der Waals surface area (Å²) in [6, 6.07) is 13.4. The molecule has 0 aliphatic carbocycles. The summed E-state index contributed by atoms with van der Waals surface area (Å²) >= 11 is 0. The number of carbonyl (C=O) groups excluding carboxylic acids is 2. The van der Waals surface area contributed by atoms with Crippen LogP contribution in [-0.4, -0.2) is 18.4 Å². The molecule has 0 aliphatic heterocycles. The van der Waals surface area contributed by atoms with Crippen molar-refractivity contribution in [3.8, 4) is 0 Å². The maximum absolute atomic E-state index is 13.6. The smallest absolute Gasteiger partial charge is 0.321 e. The molecule has 0 saturated heterocycles. The van der Waals surface area contributed by atoms with Crippen molar-refractivity contribution >= 4 is 11.8 Å². The van der Waals surface area contributed by atoms with Gasteiger partial charge in [-0.15, -0.1) is 0 Å². The predicted molar refractivity (Wildman–Crippen MR) is 123 cm³/mol. The number of esters is 1. The second-order valence-electron chi connectivity index (χ2n) is 9.17. The molecular formula is C27H36O3. The highest BCUT2D eigenvalue weighted by atomic mass is 16.5. The average molecular weight is 409 g/mol. The second-order valence-corrected chi connectivity index (χ2v) is 9.17. The van der Waals surface area contributed by atoms with Crippen LogP contribution in [0.25, 0.3) is 0 Å². The summed E-state index contributed by atoms with van der Waals surface area (Å²) in [5.41, 5.74) is 4.29. The van der Waals surface area contributed by atoms with Gasteiger partial charge in [0.25, 0.3) is 0 Å². The number of hydrogen-bond donors (Lipinski definition) is 0. The lowest BCUT2D eigenvalue weighted by Gasteiger charge is -2.23. The van der Waals surface area contributed by atoms with Gasteiger partial charge in [0.05, 0.1) is 6.61 Å². The molecule has 162 valence electrons. The first-order valence-corrected chi connectivity index (χ1v) is 11.0. The van der Waals surface area contributed by atoms with Crippen molar-refractivity contribution in [3.63, 3.8) is 0 Å². The van der Waals surface area contributed by atoms with Gasteiger partial charge in [-0.25, -0.2) is 0 Å². The number of rotatable bonds is 9. The van der Waals surface area contributed by atoms with Crippen LogP contribution in [-0.2, 0) is 14.9 Å². The fourth-order valence-corrected chi connectivity index (χ4v) is 3.75. The Morgan fingerprint density at radius 1 is 0.933 bits per heavy atom. The van der Waals surface area contributed by atoms with Crippen LogP contribution in [0.1, 0.15) is 91.9 Å². The molecule has 0 amide bonds. The highest BCUT2D eigenvalue weighted by Crippen LogP contribution is 2.31. The molecule has 2 rings (SSSR count). The Bertz CT molecular complexity index is 836. The van der Waals surface area contributed by atoms with Crippen molar-refractivity contribution in [3.05, 3.63) is 70.3 Å². The summed E-state index contributed by atoms with van der Waals surface area (Å²) in [5, 5.41) is 0. The minimum Gasteiger partial charge on any atom is -0.465 e. The molecule has 0 aromatic heterocycles. The Hall–Kier alpha value is -2.42. The Morgan fingerprint density at radius 3 is 2.07 bits per heavy atom. The van der Waals surface area contributed by atoms with Crippen LogP contribution in [0, 0.1) is 13.8 Å². The van der Waals surface area contributed by atoms with Crippen LogP contribution in [0.2, 0.25) is 0 Å². The summed E-state index contributed by atoms with van der Waals surface area (Å²) in [5.74, 6) is -1.58. The van der Waals surface area contributed by atoms with E-state index in [1.54, 1.807) is 0 Å². The molecule has 0 heterocycles. The third kappa shape index (κ3) is 6.04. The summed E-state index contributed by atoms with van der Waals surface area (Å²) < 4.78 is 5.55. The summed E-state index contributed by atoms with van der Waals surface area (Å²) in [6.07, 6.45) is 4.10. The molecule has 0 spiro atoms. The molecule has 0 N–H and O–H groups in total. The fraction of sp³-hybridized carbons (Fsp3) is 0.481.